The van der Waals surface area contributed by atoms with Gasteiger partial charge in [-0.3, -0.25) is 4.79 Å². The fraction of sp³-hybridized carbons (Fsp3) is 0.727. The Morgan fingerprint density at radius 2 is 1.83 bits per heavy atom. The number of hydrogen-bond donors (Lipinski definition) is 2. The largest absolute Gasteiger partial charge is 0.480 e. The highest BCUT2D eigenvalue weighted by molar-refractivity contribution is 5.86. The van der Waals surface area contributed by atoms with Crippen molar-refractivity contribution in [2.24, 2.45) is 0 Å². The predicted molar refractivity (Wildman–Crippen MR) is 66.2 cm³/mol. The molecule has 0 saturated carbocycles. The predicted octanol–water partition coefficient (Wildman–Crippen LogP) is -0.0307. The number of nitrogens with one attached hydrogen (secondary N) is 1. The van der Waals surface area contributed by atoms with Crippen molar-refractivity contribution in [2.75, 3.05) is 27.2 Å². The van der Waals surface area contributed by atoms with E-state index in [9.17, 15) is 14.4 Å². The average Bonchev–Trinajstić information content (AvgIpc) is 2.33. The summed E-state index contributed by atoms with van der Waals surface area (Å²) < 4.78 is 0. The van der Waals surface area contributed by atoms with Gasteiger partial charge in [-0.2, -0.15) is 0 Å². The lowest BCUT2D eigenvalue weighted by molar-refractivity contribution is -0.141. The smallest absolute Gasteiger partial charge is 0.326 e. The first-order chi connectivity index (χ1) is 8.31. The lowest BCUT2D eigenvalue weighted by atomic mass is 10.3. The molecule has 2 N–H and O–H groups in total. The number of carboxylic acid groups (broad SMARTS) is 1. The minimum atomic E-state index is -1.09. The van der Waals surface area contributed by atoms with Gasteiger partial charge in [-0.25, -0.2) is 9.59 Å². The molecule has 1 atom stereocenters. The van der Waals surface area contributed by atoms with Gasteiger partial charge in [0.05, 0.1) is 0 Å². The van der Waals surface area contributed by atoms with Crippen LogP contribution in [0.5, 0.6) is 0 Å². The number of carbonyl (C=O) groups is 3. The molecule has 18 heavy (non-hydrogen) atoms. The van der Waals surface area contributed by atoms with E-state index >= 15 is 0 Å². The van der Waals surface area contributed by atoms with Gasteiger partial charge in [0.15, 0.2) is 0 Å². The number of urea groups is 1. The Kier molecular flexibility index (Phi) is 6.77. The van der Waals surface area contributed by atoms with Crippen LogP contribution in [0.15, 0.2) is 0 Å². The molecule has 1 unspecified atom stereocenters. The Hall–Kier alpha value is -1.79. The van der Waals surface area contributed by atoms with Crippen LogP contribution in [0.3, 0.4) is 0 Å². The van der Waals surface area contributed by atoms with Gasteiger partial charge in [-0.05, 0) is 13.3 Å². The molecule has 0 bridgehead atoms. The number of carbonyl (C=O) groups excluding carboxylic acids is 2. The second-order valence-electron chi connectivity index (χ2n) is 4.11. The molecule has 0 aromatic heterocycles. The molecule has 104 valence electrons. The third-order valence-electron chi connectivity index (χ3n) is 2.52. The van der Waals surface area contributed by atoms with E-state index in [1.165, 1.54) is 25.9 Å². The Morgan fingerprint density at radius 1 is 1.28 bits per heavy atom. The summed E-state index contributed by atoms with van der Waals surface area (Å²) in [7, 11) is 2.85. The first-order valence-corrected chi connectivity index (χ1v) is 5.78. The fourth-order valence-electron chi connectivity index (χ4n) is 1.20. The second-order valence-corrected chi connectivity index (χ2v) is 4.11. The molecule has 3 amide bonds. The van der Waals surface area contributed by atoms with Crippen LogP contribution in [0.25, 0.3) is 0 Å². The van der Waals surface area contributed by atoms with Gasteiger partial charge in [0.1, 0.15) is 12.6 Å². The van der Waals surface area contributed by atoms with Crippen LogP contribution in [0, 0.1) is 0 Å². The highest BCUT2D eigenvalue weighted by Gasteiger charge is 2.24. The molecule has 0 saturated heterocycles. The van der Waals surface area contributed by atoms with Crippen molar-refractivity contribution >= 4 is 17.9 Å². The van der Waals surface area contributed by atoms with Gasteiger partial charge in [0.25, 0.3) is 0 Å². The molecule has 7 heteroatoms. The number of carboxylic acids is 1. The van der Waals surface area contributed by atoms with Crippen molar-refractivity contribution in [3.8, 4) is 0 Å². The Bertz CT molecular complexity index is 319. The van der Waals surface area contributed by atoms with E-state index in [1.807, 2.05) is 6.92 Å². The molecular formula is C11H21N3O4. The maximum absolute atomic E-state index is 11.8. The monoisotopic (exact) mass is 259 g/mol. The zero-order valence-corrected chi connectivity index (χ0v) is 11.3. The summed E-state index contributed by atoms with van der Waals surface area (Å²) in [5, 5.41) is 11.4. The number of nitrogens with zero attached hydrogens (tertiary/aromatic N) is 2. The van der Waals surface area contributed by atoms with Crippen LogP contribution in [0.1, 0.15) is 20.3 Å². The number of aliphatic carboxylic acids is 1. The molecule has 0 fully saturated rings. The van der Waals surface area contributed by atoms with Crippen LogP contribution in [0.4, 0.5) is 4.79 Å². The molecular weight excluding hydrogens is 238 g/mol. The Morgan fingerprint density at radius 3 is 2.28 bits per heavy atom. The van der Waals surface area contributed by atoms with Crippen LogP contribution in [-0.4, -0.2) is 66.0 Å². The van der Waals surface area contributed by atoms with E-state index in [-0.39, 0.29) is 12.5 Å². The third-order valence-corrected chi connectivity index (χ3v) is 2.52. The van der Waals surface area contributed by atoms with Crippen LogP contribution >= 0.6 is 0 Å². The average molecular weight is 259 g/mol. The highest BCUT2D eigenvalue weighted by Crippen LogP contribution is 2.00. The van der Waals surface area contributed by atoms with Gasteiger partial charge in [0.2, 0.25) is 5.91 Å². The Labute approximate surface area is 107 Å². The second kappa shape index (κ2) is 7.52. The van der Waals surface area contributed by atoms with Crippen molar-refractivity contribution in [3.63, 3.8) is 0 Å². The van der Waals surface area contributed by atoms with Gasteiger partial charge >= 0.3 is 12.0 Å². The van der Waals surface area contributed by atoms with Gasteiger partial charge in [0, 0.05) is 20.6 Å². The minimum Gasteiger partial charge on any atom is -0.480 e. The first kappa shape index (κ1) is 16.2. The topological polar surface area (TPSA) is 90.0 Å². The number of hydrogen-bond acceptors (Lipinski definition) is 3. The van der Waals surface area contributed by atoms with Crippen molar-refractivity contribution in [3.05, 3.63) is 0 Å². The normalized spacial score (nSPS) is 11.6. The van der Waals surface area contributed by atoms with E-state index in [0.29, 0.717) is 6.54 Å². The summed E-state index contributed by atoms with van der Waals surface area (Å²) in [6, 6.07) is -1.43. The number of rotatable bonds is 6. The summed E-state index contributed by atoms with van der Waals surface area (Å²) >= 11 is 0. The van der Waals surface area contributed by atoms with E-state index in [0.717, 1.165) is 11.3 Å². The molecule has 0 radical (unpaired) electrons. The quantitative estimate of drug-likeness (QED) is 0.701. The highest BCUT2D eigenvalue weighted by atomic mass is 16.4. The molecule has 0 aromatic carbocycles. The van der Waals surface area contributed by atoms with Crippen LogP contribution < -0.4 is 5.32 Å². The summed E-state index contributed by atoms with van der Waals surface area (Å²) in [5.41, 5.74) is 0. The minimum absolute atomic E-state index is 0.0878. The van der Waals surface area contributed by atoms with Gasteiger partial charge < -0.3 is 20.2 Å². The molecule has 0 rings (SSSR count). The van der Waals surface area contributed by atoms with Crippen LogP contribution in [-0.2, 0) is 9.59 Å². The fourth-order valence-corrected chi connectivity index (χ4v) is 1.20. The maximum Gasteiger partial charge on any atom is 0.326 e. The van der Waals surface area contributed by atoms with Crippen molar-refractivity contribution in [1.82, 2.24) is 15.1 Å². The van der Waals surface area contributed by atoms with Gasteiger partial charge in [-0.15, -0.1) is 0 Å². The standard InChI is InChI=1S/C11H21N3O4/c1-5-6-12-9(15)7-13(3)11(18)14(4)8(2)10(16)17/h8H,5-7H2,1-4H3,(H,12,15)(H,16,17). The van der Waals surface area contributed by atoms with Crippen molar-refractivity contribution < 1.29 is 19.5 Å². The summed E-state index contributed by atoms with van der Waals surface area (Å²) in [5.74, 6) is -1.35. The zero-order chi connectivity index (χ0) is 14.3. The van der Waals surface area contributed by atoms with Crippen molar-refractivity contribution in [1.29, 1.82) is 0 Å². The summed E-state index contributed by atoms with van der Waals surface area (Å²) in [6.45, 7) is 3.81. The van der Waals surface area contributed by atoms with E-state index in [4.69, 9.17) is 5.11 Å². The van der Waals surface area contributed by atoms with E-state index in [2.05, 4.69) is 5.32 Å². The lowest BCUT2D eigenvalue weighted by Gasteiger charge is -2.27. The van der Waals surface area contributed by atoms with Crippen LogP contribution in [0.2, 0.25) is 0 Å². The third kappa shape index (κ3) is 5.03. The van der Waals surface area contributed by atoms with Gasteiger partial charge in [-0.1, -0.05) is 6.92 Å². The maximum atomic E-state index is 11.8. The zero-order valence-electron chi connectivity index (χ0n) is 11.3. The Balaban J connectivity index is 4.33. The number of likely N-dealkylation sites (N-methyl/N-ethyl adjacent to an activating group) is 2. The lowest BCUT2D eigenvalue weighted by Crippen LogP contribution is -2.49. The SMILES string of the molecule is CCCNC(=O)CN(C)C(=O)N(C)C(C)C(=O)O. The molecule has 0 aromatic rings. The molecule has 0 aliphatic carbocycles. The molecule has 7 nitrogen and oxygen atoms in total. The molecule has 0 aliphatic heterocycles. The molecule has 0 heterocycles. The first-order valence-electron chi connectivity index (χ1n) is 5.78. The molecule has 0 spiro atoms. The van der Waals surface area contributed by atoms with E-state index in [1.54, 1.807) is 0 Å². The van der Waals surface area contributed by atoms with E-state index < -0.39 is 18.0 Å². The number of amides is 3. The summed E-state index contributed by atoms with van der Waals surface area (Å²) in [6.07, 6.45) is 0.819. The van der Waals surface area contributed by atoms with Crippen molar-refractivity contribution in [2.45, 2.75) is 26.3 Å². The molecule has 0 aliphatic rings. The summed E-state index contributed by atoms with van der Waals surface area (Å²) in [4.78, 5) is 36.2.